The van der Waals surface area contributed by atoms with Gasteiger partial charge in [-0.25, -0.2) is 0 Å². The van der Waals surface area contributed by atoms with E-state index in [-0.39, 0.29) is 46.5 Å². The SMILES string of the molecule is CCC1=[C](/[Zr+2](=[CH]/c2ccc(C(C)(C)C)cc2)[CH]2c3ccc(C(C)(C)C)cc3-c3cc(C(C)(C)C)ccc32)C(CC)C=C1C(C)(C)C.[Cl-].[Cl-]. The maximum absolute atomic E-state index is 2.83. The normalized spacial score (nSPS) is 16.7. The Morgan fingerprint density at radius 2 is 1.02 bits per heavy atom. The molecular weight excluding hydrogens is 703 g/mol. The van der Waals surface area contributed by atoms with Gasteiger partial charge in [0.1, 0.15) is 0 Å². The van der Waals surface area contributed by atoms with Crippen LogP contribution in [0.2, 0.25) is 0 Å². The second-order valence-corrected chi connectivity index (χ2v) is 23.8. The van der Waals surface area contributed by atoms with Crippen LogP contribution in [0, 0.1) is 11.3 Å². The predicted molar refractivity (Wildman–Crippen MR) is 200 cm³/mol. The van der Waals surface area contributed by atoms with Crippen molar-refractivity contribution in [2.75, 3.05) is 0 Å². The summed E-state index contributed by atoms with van der Waals surface area (Å²) in [4.78, 5) is 0. The molecule has 3 aromatic carbocycles. The number of hydrogen-bond acceptors (Lipinski definition) is 0. The van der Waals surface area contributed by atoms with Gasteiger partial charge >= 0.3 is 292 Å². The summed E-state index contributed by atoms with van der Waals surface area (Å²) in [7, 11) is 0. The molecule has 3 heteroatoms. The van der Waals surface area contributed by atoms with Crippen LogP contribution in [0.1, 0.15) is 147 Å². The summed E-state index contributed by atoms with van der Waals surface area (Å²) in [6, 6.07) is 24.7. The molecule has 0 N–H and O–H groups in total. The van der Waals surface area contributed by atoms with E-state index in [2.05, 4.69) is 167 Å². The van der Waals surface area contributed by atoms with E-state index >= 15 is 0 Å². The Kier molecular flexibility index (Phi) is 12.4. The first-order valence-electron chi connectivity index (χ1n) is 17.8. The molecule has 0 saturated carbocycles. The van der Waals surface area contributed by atoms with E-state index in [4.69, 9.17) is 0 Å². The first-order valence-corrected chi connectivity index (χ1v) is 21.9. The molecule has 0 saturated heterocycles. The molecule has 258 valence electrons. The van der Waals surface area contributed by atoms with E-state index in [1.807, 2.05) is 3.28 Å². The van der Waals surface area contributed by atoms with Crippen molar-refractivity contribution in [2.45, 2.75) is 130 Å². The Bertz CT molecular complexity index is 1660. The number of fused-ring (bicyclic) bond motifs is 3. The number of hydrogen-bond donors (Lipinski definition) is 0. The molecule has 0 radical (unpaired) electrons. The summed E-state index contributed by atoms with van der Waals surface area (Å²) in [5.41, 5.74) is 15.6. The Labute approximate surface area is 314 Å². The zero-order valence-electron chi connectivity index (χ0n) is 32.3. The summed E-state index contributed by atoms with van der Waals surface area (Å²) in [6.07, 6.45) is 4.99. The quantitative estimate of drug-likeness (QED) is 0.269. The fourth-order valence-electron chi connectivity index (χ4n) is 7.64. The molecule has 0 nitrogen and oxygen atoms in total. The molecule has 0 aromatic heterocycles. The van der Waals surface area contributed by atoms with Gasteiger partial charge in [0.15, 0.2) is 0 Å². The van der Waals surface area contributed by atoms with E-state index in [1.54, 1.807) is 22.3 Å². The van der Waals surface area contributed by atoms with Gasteiger partial charge in [-0.15, -0.1) is 0 Å². The van der Waals surface area contributed by atoms with Gasteiger partial charge in [-0.2, -0.15) is 0 Å². The van der Waals surface area contributed by atoms with Crippen LogP contribution in [0.4, 0.5) is 0 Å². The van der Waals surface area contributed by atoms with Gasteiger partial charge in [0.05, 0.1) is 0 Å². The molecular formula is C45H60Cl2Zr. The molecule has 0 heterocycles. The van der Waals surface area contributed by atoms with E-state index in [0.717, 1.165) is 6.42 Å². The molecule has 2 aliphatic carbocycles. The minimum Gasteiger partial charge on any atom is -1.00 e. The fraction of sp³-hybridized carbons (Fsp3) is 0.489. The molecule has 2 aliphatic rings. The van der Waals surface area contributed by atoms with E-state index in [1.165, 1.54) is 39.8 Å². The number of benzene rings is 3. The minimum atomic E-state index is -2.62. The van der Waals surface area contributed by atoms with Gasteiger partial charge < -0.3 is 24.8 Å². The largest absolute Gasteiger partial charge is 1.00 e. The van der Waals surface area contributed by atoms with Crippen LogP contribution in [-0.2, 0) is 37.5 Å². The molecule has 0 bridgehead atoms. The molecule has 5 rings (SSSR count). The zero-order chi connectivity index (χ0) is 34.0. The average molecular weight is 763 g/mol. The van der Waals surface area contributed by atoms with Crippen molar-refractivity contribution in [2.24, 2.45) is 11.3 Å². The van der Waals surface area contributed by atoms with Crippen LogP contribution < -0.4 is 24.8 Å². The Hall–Kier alpha value is -1.53. The molecule has 48 heavy (non-hydrogen) atoms. The first-order chi connectivity index (χ1) is 21.3. The van der Waals surface area contributed by atoms with E-state index in [9.17, 15) is 0 Å². The van der Waals surface area contributed by atoms with Crippen molar-refractivity contribution in [3.63, 3.8) is 0 Å². The van der Waals surface area contributed by atoms with Crippen molar-refractivity contribution in [3.8, 4) is 11.1 Å². The van der Waals surface area contributed by atoms with Crippen molar-refractivity contribution >= 4 is 3.71 Å². The second kappa shape index (κ2) is 14.6. The van der Waals surface area contributed by atoms with Crippen LogP contribution in [0.3, 0.4) is 0 Å². The number of rotatable bonds is 5. The topological polar surface area (TPSA) is 0 Å². The molecule has 0 spiro atoms. The predicted octanol–water partition coefficient (Wildman–Crippen LogP) is 6.80. The van der Waals surface area contributed by atoms with Crippen molar-refractivity contribution < 1.29 is 46.1 Å². The summed E-state index contributed by atoms with van der Waals surface area (Å²) < 4.78 is 5.15. The van der Waals surface area contributed by atoms with Gasteiger partial charge in [-0.3, -0.25) is 0 Å². The maximum Gasteiger partial charge on any atom is -1.00 e. The number of allylic oxidation sites excluding steroid dienone is 4. The van der Waals surface area contributed by atoms with Crippen molar-refractivity contribution in [1.29, 1.82) is 0 Å². The summed E-state index contributed by atoms with van der Waals surface area (Å²) in [5.74, 6) is 0.541. The molecule has 1 atom stereocenters. The monoisotopic (exact) mass is 760 g/mol. The molecule has 1 unspecified atom stereocenters. The van der Waals surface area contributed by atoms with Gasteiger partial charge in [0.25, 0.3) is 0 Å². The molecule has 0 fully saturated rings. The zero-order valence-corrected chi connectivity index (χ0v) is 36.2. The fourth-order valence-corrected chi connectivity index (χ4v) is 16.8. The first kappa shape index (κ1) is 40.9. The van der Waals surface area contributed by atoms with Crippen LogP contribution in [0.25, 0.3) is 11.1 Å². The standard InChI is InChI=1S/C21H25.C13H21.C11H14.2ClH.Zr/c1-20(2,3)16-9-7-14-11-15-8-10-17(21(4,5)6)13-19(15)18(14)12-16;1-6-10-8-11(7-2)12(9-10)13(3,4)5;1-9-5-7-10(8-6-9)11(2,3)4;;;/h7-13H,1-6H3;9-10H,6-7H2,1-5H3;1,5-8H,2-4H3;2*1H;/q;;;;;+2/p-2. The average Bonchev–Trinajstić information content (AvgIpc) is 3.50. The molecule has 0 aliphatic heterocycles. The molecule has 3 aromatic rings. The third-order valence-electron chi connectivity index (χ3n) is 10.5. The van der Waals surface area contributed by atoms with Crippen LogP contribution in [0.15, 0.2) is 81.2 Å². The van der Waals surface area contributed by atoms with E-state index in [0.29, 0.717) is 9.54 Å². The van der Waals surface area contributed by atoms with Gasteiger partial charge in [-0.05, 0) is 0 Å². The third-order valence-corrected chi connectivity index (χ3v) is 18.3. The second-order valence-electron chi connectivity index (χ2n) is 18.1. The third kappa shape index (κ3) is 8.00. The Balaban J connectivity index is 0.00000312. The van der Waals surface area contributed by atoms with Gasteiger partial charge in [0.2, 0.25) is 0 Å². The van der Waals surface area contributed by atoms with Crippen molar-refractivity contribution in [1.82, 2.24) is 0 Å². The van der Waals surface area contributed by atoms with Crippen LogP contribution in [0.5, 0.6) is 0 Å². The minimum absolute atomic E-state index is 0. The smallest absolute Gasteiger partial charge is 1.00 e. The Morgan fingerprint density at radius 3 is 1.40 bits per heavy atom. The van der Waals surface area contributed by atoms with E-state index < -0.39 is 21.3 Å². The maximum atomic E-state index is 2.83. The van der Waals surface area contributed by atoms with Gasteiger partial charge in [-0.1, -0.05) is 0 Å². The molecule has 0 amide bonds. The van der Waals surface area contributed by atoms with Crippen molar-refractivity contribution in [3.05, 3.63) is 115 Å². The summed E-state index contributed by atoms with van der Waals surface area (Å²) >= 11 is -2.62. The van der Waals surface area contributed by atoms with Gasteiger partial charge in [0, 0.05) is 0 Å². The van der Waals surface area contributed by atoms with Crippen LogP contribution >= 0.6 is 0 Å². The summed E-state index contributed by atoms with van der Waals surface area (Å²) in [6.45, 7) is 33.2. The Morgan fingerprint density at radius 1 is 0.583 bits per heavy atom. The summed E-state index contributed by atoms with van der Waals surface area (Å²) in [5, 5.41) is 0. The number of halogens is 2. The van der Waals surface area contributed by atoms with Crippen LogP contribution in [-0.4, -0.2) is 3.71 Å².